The van der Waals surface area contributed by atoms with Crippen LogP contribution < -0.4 is 5.32 Å². The molecule has 2 heterocycles. The van der Waals surface area contributed by atoms with Gasteiger partial charge in [-0.05, 0) is 48.6 Å². The molecule has 3 nitrogen and oxygen atoms in total. The zero-order valence-electron chi connectivity index (χ0n) is 11.8. The number of halogens is 1. The number of fused-ring (bicyclic) bond motifs is 1. The molecule has 0 spiro atoms. The normalized spacial score (nSPS) is 18.3. The second-order valence-electron chi connectivity index (χ2n) is 5.25. The van der Waals surface area contributed by atoms with Gasteiger partial charge >= 0.3 is 0 Å². The average Bonchev–Trinajstić information content (AvgIpc) is 2.91. The summed E-state index contributed by atoms with van der Waals surface area (Å²) in [7, 11) is 0. The Morgan fingerprint density at radius 1 is 1.48 bits per heavy atom. The standard InChI is InChI=1S/C16H17ClN2OS/c1-11-14-6-8-21-15(14)5-7-19(11)10-16(20)18-13-4-2-3-12(17)9-13/h2-4,6,8-9,11H,5,7,10H2,1H3,(H,18,20)/t11-/m1/s1. The van der Waals surface area contributed by atoms with Gasteiger partial charge < -0.3 is 5.32 Å². The third-order valence-electron chi connectivity index (χ3n) is 3.86. The maximum Gasteiger partial charge on any atom is 0.238 e. The second kappa shape index (κ2) is 6.18. The van der Waals surface area contributed by atoms with E-state index >= 15 is 0 Å². The van der Waals surface area contributed by atoms with Crippen molar-refractivity contribution in [1.29, 1.82) is 0 Å². The van der Waals surface area contributed by atoms with E-state index in [0.717, 1.165) is 18.7 Å². The molecule has 0 radical (unpaired) electrons. The van der Waals surface area contributed by atoms with Crippen LogP contribution in [0.4, 0.5) is 5.69 Å². The number of nitrogens with one attached hydrogen (secondary N) is 1. The van der Waals surface area contributed by atoms with E-state index in [1.807, 2.05) is 23.5 Å². The van der Waals surface area contributed by atoms with Crippen molar-refractivity contribution >= 4 is 34.5 Å². The molecular weight excluding hydrogens is 304 g/mol. The summed E-state index contributed by atoms with van der Waals surface area (Å²) in [6.07, 6.45) is 1.03. The van der Waals surface area contributed by atoms with Crippen molar-refractivity contribution in [2.75, 3.05) is 18.4 Å². The maximum absolute atomic E-state index is 12.2. The van der Waals surface area contributed by atoms with E-state index in [-0.39, 0.29) is 5.91 Å². The number of hydrogen-bond donors (Lipinski definition) is 1. The zero-order chi connectivity index (χ0) is 14.8. The number of amides is 1. The smallest absolute Gasteiger partial charge is 0.238 e. The van der Waals surface area contributed by atoms with Gasteiger partial charge in [0, 0.05) is 28.2 Å². The van der Waals surface area contributed by atoms with Gasteiger partial charge in [0.2, 0.25) is 5.91 Å². The Hall–Kier alpha value is -1.36. The number of thiophene rings is 1. The van der Waals surface area contributed by atoms with Gasteiger partial charge in [0.25, 0.3) is 0 Å². The highest BCUT2D eigenvalue weighted by atomic mass is 35.5. The number of rotatable bonds is 3. The first-order valence-electron chi connectivity index (χ1n) is 6.99. The average molecular weight is 321 g/mol. The maximum atomic E-state index is 12.2. The van der Waals surface area contributed by atoms with E-state index in [1.165, 1.54) is 10.4 Å². The Kier molecular flexibility index (Phi) is 4.29. The minimum absolute atomic E-state index is 0.00259. The van der Waals surface area contributed by atoms with E-state index < -0.39 is 0 Å². The van der Waals surface area contributed by atoms with Crippen molar-refractivity contribution in [2.45, 2.75) is 19.4 Å². The van der Waals surface area contributed by atoms with Crippen molar-refractivity contribution in [1.82, 2.24) is 4.90 Å². The first-order chi connectivity index (χ1) is 10.1. The zero-order valence-corrected chi connectivity index (χ0v) is 13.4. The summed E-state index contributed by atoms with van der Waals surface area (Å²) in [4.78, 5) is 15.9. The highest BCUT2D eigenvalue weighted by Crippen LogP contribution is 2.32. The molecule has 1 aliphatic heterocycles. The number of anilines is 1. The SMILES string of the molecule is C[C@@H]1c2ccsc2CCN1CC(=O)Nc1cccc(Cl)c1. The molecule has 0 bridgehead atoms. The summed E-state index contributed by atoms with van der Waals surface area (Å²) >= 11 is 7.74. The van der Waals surface area contributed by atoms with Crippen LogP contribution in [-0.4, -0.2) is 23.9 Å². The summed E-state index contributed by atoms with van der Waals surface area (Å²) in [5, 5.41) is 5.67. The van der Waals surface area contributed by atoms with Crippen LogP contribution in [0.15, 0.2) is 35.7 Å². The van der Waals surface area contributed by atoms with Crippen molar-refractivity contribution < 1.29 is 4.79 Å². The molecule has 1 aliphatic rings. The van der Waals surface area contributed by atoms with Crippen LogP contribution in [0.5, 0.6) is 0 Å². The van der Waals surface area contributed by atoms with Crippen LogP contribution >= 0.6 is 22.9 Å². The van der Waals surface area contributed by atoms with Crippen molar-refractivity contribution in [2.24, 2.45) is 0 Å². The Morgan fingerprint density at radius 2 is 2.33 bits per heavy atom. The third-order valence-corrected chi connectivity index (χ3v) is 5.09. The number of benzene rings is 1. The van der Waals surface area contributed by atoms with Crippen molar-refractivity contribution in [3.63, 3.8) is 0 Å². The summed E-state index contributed by atoms with van der Waals surface area (Å²) in [6, 6.07) is 9.70. The number of nitrogens with zero attached hydrogens (tertiary/aromatic N) is 1. The minimum Gasteiger partial charge on any atom is -0.325 e. The van der Waals surface area contributed by atoms with Gasteiger partial charge in [-0.2, -0.15) is 0 Å². The first-order valence-corrected chi connectivity index (χ1v) is 8.25. The lowest BCUT2D eigenvalue weighted by Gasteiger charge is -2.32. The fraction of sp³-hybridized carbons (Fsp3) is 0.312. The molecule has 1 atom stereocenters. The van der Waals surface area contributed by atoms with Gasteiger partial charge in [-0.25, -0.2) is 0 Å². The van der Waals surface area contributed by atoms with Gasteiger partial charge in [-0.3, -0.25) is 9.69 Å². The largest absolute Gasteiger partial charge is 0.325 e. The lowest BCUT2D eigenvalue weighted by Crippen LogP contribution is -2.39. The monoisotopic (exact) mass is 320 g/mol. The van der Waals surface area contributed by atoms with Gasteiger partial charge in [0.1, 0.15) is 0 Å². The fourth-order valence-electron chi connectivity index (χ4n) is 2.73. The van der Waals surface area contributed by atoms with E-state index in [9.17, 15) is 4.79 Å². The van der Waals surface area contributed by atoms with Crippen LogP contribution in [-0.2, 0) is 11.2 Å². The third kappa shape index (κ3) is 3.28. The summed E-state index contributed by atoms with van der Waals surface area (Å²) in [5.74, 6) is 0.00259. The quantitative estimate of drug-likeness (QED) is 0.928. The molecule has 2 aromatic rings. The molecule has 1 N–H and O–H groups in total. The summed E-state index contributed by atoms with van der Waals surface area (Å²) in [6.45, 7) is 3.50. The molecule has 1 amide bonds. The van der Waals surface area contributed by atoms with E-state index in [4.69, 9.17) is 11.6 Å². The number of hydrogen-bond acceptors (Lipinski definition) is 3. The van der Waals surface area contributed by atoms with Crippen LogP contribution in [0.2, 0.25) is 5.02 Å². The lowest BCUT2D eigenvalue weighted by molar-refractivity contribution is -0.117. The Balaban J connectivity index is 1.63. The van der Waals surface area contributed by atoms with Crippen molar-refractivity contribution in [3.05, 3.63) is 51.2 Å². The summed E-state index contributed by atoms with van der Waals surface area (Å²) in [5.41, 5.74) is 2.11. The fourth-order valence-corrected chi connectivity index (χ4v) is 3.88. The Morgan fingerprint density at radius 3 is 3.14 bits per heavy atom. The topological polar surface area (TPSA) is 32.3 Å². The van der Waals surface area contributed by atoms with Crippen LogP contribution in [0.25, 0.3) is 0 Å². The van der Waals surface area contributed by atoms with Crippen LogP contribution in [0, 0.1) is 0 Å². The van der Waals surface area contributed by atoms with E-state index in [2.05, 4.69) is 28.6 Å². The van der Waals surface area contributed by atoms with Gasteiger partial charge in [0.15, 0.2) is 0 Å². The molecule has 5 heteroatoms. The molecule has 0 saturated heterocycles. The number of carbonyl (C=O) groups is 1. The molecule has 0 saturated carbocycles. The molecule has 21 heavy (non-hydrogen) atoms. The van der Waals surface area contributed by atoms with Gasteiger partial charge in [-0.15, -0.1) is 11.3 Å². The molecule has 1 aromatic heterocycles. The number of carbonyl (C=O) groups excluding carboxylic acids is 1. The van der Waals surface area contributed by atoms with Crippen LogP contribution in [0.1, 0.15) is 23.4 Å². The molecular formula is C16H17ClN2OS. The highest BCUT2D eigenvalue weighted by molar-refractivity contribution is 7.10. The first kappa shape index (κ1) is 14.6. The van der Waals surface area contributed by atoms with E-state index in [1.54, 1.807) is 12.1 Å². The second-order valence-corrected chi connectivity index (χ2v) is 6.69. The molecule has 0 fully saturated rings. The molecule has 0 unspecified atom stereocenters. The molecule has 0 aliphatic carbocycles. The lowest BCUT2D eigenvalue weighted by atomic mass is 10.0. The van der Waals surface area contributed by atoms with E-state index in [0.29, 0.717) is 17.6 Å². The van der Waals surface area contributed by atoms with Gasteiger partial charge in [-0.1, -0.05) is 17.7 Å². The van der Waals surface area contributed by atoms with Crippen molar-refractivity contribution in [3.8, 4) is 0 Å². The Labute approximate surface area is 133 Å². The summed E-state index contributed by atoms with van der Waals surface area (Å²) < 4.78 is 0. The molecule has 3 rings (SSSR count). The van der Waals surface area contributed by atoms with Gasteiger partial charge in [0.05, 0.1) is 6.54 Å². The predicted molar refractivity (Wildman–Crippen MR) is 88.1 cm³/mol. The Bertz CT molecular complexity index is 655. The molecule has 1 aromatic carbocycles. The highest BCUT2D eigenvalue weighted by Gasteiger charge is 2.26. The minimum atomic E-state index is 0.00259. The predicted octanol–water partition coefficient (Wildman–Crippen LogP) is 3.96. The van der Waals surface area contributed by atoms with Crippen LogP contribution in [0.3, 0.4) is 0 Å². The molecule has 110 valence electrons.